The first kappa shape index (κ1) is 24.7. The zero-order chi connectivity index (χ0) is 24.0. The van der Waals surface area contributed by atoms with Crippen molar-refractivity contribution in [3.63, 3.8) is 0 Å². The number of hydrogen-bond donors (Lipinski definition) is 2. The molecule has 0 aliphatic carbocycles. The first-order valence-electron chi connectivity index (χ1n) is 11.6. The second kappa shape index (κ2) is 11.3. The Labute approximate surface area is 197 Å². The molecule has 2 aromatic carbocycles. The summed E-state index contributed by atoms with van der Waals surface area (Å²) in [6.45, 7) is 11.1. The van der Waals surface area contributed by atoms with Gasteiger partial charge in [-0.2, -0.15) is 0 Å². The lowest BCUT2D eigenvalue weighted by atomic mass is 10.1. The van der Waals surface area contributed by atoms with Crippen LogP contribution in [0.25, 0.3) is 0 Å². The molecule has 178 valence electrons. The van der Waals surface area contributed by atoms with Gasteiger partial charge in [-0.15, -0.1) is 0 Å². The molecule has 7 heteroatoms. The number of hydrazine groups is 1. The van der Waals surface area contributed by atoms with Crippen LogP contribution in [0.1, 0.15) is 36.1 Å². The Morgan fingerprint density at radius 3 is 2.30 bits per heavy atom. The van der Waals surface area contributed by atoms with Crippen LogP contribution in [-0.4, -0.2) is 61.1 Å². The largest absolute Gasteiger partial charge is 0.353 e. The molecular weight excluding hydrogens is 414 g/mol. The van der Waals surface area contributed by atoms with E-state index in [4.69, 9.17) is 0 Å². The minimum atomic E-state index is -0.0921. The molecule has 7 nitrogen and oxygen atoms in total. The normalized spacial score (nSPS) is 13.2. The standard InChI is InChI=1S/C26H37N5O2/c1-19(2)27-12-13-28-25(32)17-30(24-14-20(3)10-11-21(24)4)18-26(33)29(5)31-15-22-8-6-7-9-23(22)16-31/h6-11,14,19,27H,12-13,15-18H2,1-5H3,(H,28,32). The zero-order valence-electron chi connectivity index (χ0n) is 20.5. The van der Waals surface area contributed by atoms with E-state index < -0.39 is 0 Å². The van der Waals surface area contributed by atoms with Crippen LogP contribution < -0.4 is 15.5 Å². The summed E-state index contributed by atoms with van der Waals surface area (Å²) in [4.78, 5) is 27.9. The molecule has 2 amide bonds. The monoisotopic (exact) mass is 451 g/mol. The van der Waals surface area contributed by atoms with E-state index in [-0.39, 0.29) is 24.9 Å². The third-order valence-electron chi connectivity index (χ3n) is 5.97. The molecule has 1 heterocycles. The molecule has 2 N–H and O–H groups in total. The topological polar surface area (TPSA) is 67.9 Å². The fourth-order valence-corrected chi connectivity index (χ4v) is 4.03. The highest BCUT2D eigenvalue weighted by Gasteiger charge is 2.27. The number of nitrogens with zero attached hydrogens (tertiary/aromatic N) is 3. The van der Waals surface area contributed by atoms with Gasteiger partial charge in [0.2, 0.25) is 5.91 Å². The molecule has 0 bridgehead atoms. The molecule has 3 rings (SSSR count). The molecule has 1 aliphatic heterocycles. The van der Waals surface area contributed by atoms with Gasteiger partial charge in [0, 0.05) is 45.0 Å². The lowest BCUT2D eigenvalue weighted by Gasteiger charge is -2.32. The van der Waals surface area contributed by atoms with Crippen molar-refractivity contribution in [1.29, 1.82) is 0 Å². The van der Waals surface area contributed by atoms with Crippen molar-refractivity contribution in [3.05, 3.63) is 64.7 Å². The van der Waals surface area contributed by atoms with E-state index in [0.717, 1.165) is 16.8 Å². The molecule has 0 fully saturated rings. The Hall–Kier alpha value is -2.90. The number of nitrogens with one attached hydrogen (secondary N) is 2. The molecule has 2 aromatic rings. The summed E-state index contributed by atoms with van der Waals surface area (Å²) in [5, 5.41) is 10.0. The predicted octanol–water partition coefficient (Wildman–Crippen LogP) is 2.61. The quantitative estimate of drug-likeness (QED) is 0.544. The number of likely N-dealkylation sites (N-methyl/N-ethyl adjacent to an activating group) is 1. The van der Waals surface area contributed by atoms with Crippen molar-refractivity contribution in [3.8, 4) is 0 Å². The number of carbonyl (C=O) groups is 2. The Morgan fingerprint density at radius 1 is 1.00 bits per heavy atom. The molecule has 0 saturated carbocycles. The number of aryl methyl sites for hydroxylation is 2. The van der Waals surface area contributed by atoms with Crippen LogP contribution in [-0.2, 0) is 22.7 Å². The van der Waals surface area contributed by atoms with Crippen molar-refractivity contribution >= 4 is 17.5 Å². The van der Waals surface area contributed by atoms with E-state index >= 15 is 0 Å². The number of anilines is 1. The van der Waals surface area contributed by atoms with E-state index in [0.29, 0.717) is 32.2 Å². The Kier molecular flexibility index (Phi) is 8.47. The smallest absolute Gasteiger partial charge is 0.256 e. The van der Waals surface area contributed by atoms with Gasteiger partial charge >= 0.3 is 0 Å². The highest BCUT2D eigenvalue weighted by molar-refractivity contribution is 5.86. The number of rotatable bonds is 10. The maximum atomic E-state index is 13.3. The van der Waals surface area contributed by atoms with E-state index in [9.17, 15) is 9.59 Å². The molecule has 33 heavy (non-hydrogen) atoms. The molecule has 0 spiro atoms. The second-order valence-corrected chi connectivity index (χ2v) is 9.11. The summed E-state index contributed by atoms with van der Waals surface area (Å²) >= 11 is 0. The van der Waals surface area contributed by atoms with E-state index in [1.165, 1.54) is 11.1 Å². The molecule has 0 unspecified atom stereocenters. The van der Waals surface area contributed by atoms with Crippen LogP contribution in [0.4, 0.5) is 5.69 Å². The summed E-state index contributed by atoms with van der Waals surface area (Å²) in [6, 6.07) is 14.8. The zero-order valence-corrected chi connectivity index (χ0v) is 20.5. The van der Waals surface area contributed by atoms with Gasteiger partial charge in [-0.05, 0) is 42.2 Å². The van der Waals surface area contributed by atoms with E-state index in [1.54, 1.807) is 5.01 Å². The highest BCUT2D eigenvalue weighted by atomic mass is 16.2. The van der Waals surface area contributed by atoms with E-state index in [2.05, 4.69) is 36.6 Å². The predicted molar refractivity (Wildman–Crippen MR) is 133 cm³/mol. The Balaban J connectivity index is 1.68. The van der Waals surface area contributed by atoms with Gasteiger partial charge in [0.05, 0.1) is 13.1 Å². The van der Waals surface area contributed by atoms with Gasteiger partial charge in [0.1, 0.15) is 0 Å². The van der Waals surface area contributed by atoms with Gasteiger partial charge in [-0.25, -0.2) is 5.01 Å². The fraction of sp³-hybridized carbons (Fsp3) is 0.462. The minimum Gasteiger partial charge on any atom is -0.353 e. The molecule has 1 aliphatic rings. The third kappa shape index (κ3) is 6.79. The van der Waals surface area contributed by atoms with Crippen LogP contribution in [0, 0.1) is 13.8 Å². The lowest BCUT2D eigenvalue weighted by molar-refractivity contribution is -0.145. The molecule has 0 aromatic heterocycles. The molecular formula is C26H37N5O2. The first-order chi connectivity index (χ1) is 15.7. The number of benzene rings is 2. The first-order valence-corrected chi connectivity index (χ1v) is 11.6. The Morgan fingerprint density at radius 2 is 1.67 bits per heavy atom. The average Bonchev–Trinajstić information content (AvgIpc) is 3.21. The van der Waals surface area contributed by atoms with Crippen molar-refractivity contribution in [2.24, 2.45) is 0 Å². The van der Waals surface area contributed by atoms with Gasteiger partial charge in [-0.3, -0.25) is 14.6 Å². The van der Waals surface area contributed by atoms with E-state index in [1.807, 2.05) is 61.1 Å². The number of hydrogen-bond acceptors (Lipinski definition) is 5. The van der Waals surface area contributed by atoms with Crippen LogP contribution >= 0.6 is 0 Å². The molecule has 0 saturated heterocycles. The third-order valence-corrected chi connectivity index (χ3v) is 5.97. The van der Waals surface area contributed by atoms with Gasteiger partial charge in [-0.1, -0.05) is 50.2 Å². The minimum absolute atomic E-state index is 0.0435. The number of amides is 2. The summed E-state index contributed by atoms with van der Waals surface area (Å²) in [7, 11) is 1.81. The van der Waals surface area contributed by atoms with Gasteiger partial charge < -0.3 is 15.5 Å². The van der Waals surface area contributed by atoms with Crippen molar-refractivity contribution in [1.82, 2.24) is 20.7 Å². The lowest BCUT2D eigenvalue weighted by Crippen LogP contribution is -2.48. The maximum absolute atomic E-state index is 13.3. The average molecular weight is 452 g/mol. The highest BCUT2D eigenvalue weighted by Crippen LogP contribution is 2.25. The summed E-state index contributed by atoms with van der Waals surface area (Å²) in [5.74, 6) is -0.136. The van der Waals surface area contributed by atoms with Gasteiger partial charge in [0.25, 0.3) is 5.91 Å². The van der Waals surface area contributed by atoms with Crippen molar-refractivity contribution in [2.75, 3.05) is 38.1 Å². The summed E-state index contributed by atoms with van der Waals surface area (Å²) in [5.41, 5.74) is 5.55. The Bertz CT molecular complexity index is 950. The summed E-state index contributed by atoms with van der Waals surface area (Å²) < 4.78 is 0. The van der Waals surface area contributed by atoms with Crippen LogP contribution in [0.2, 0.25) is 0 Å². The molecule has 0 radical (unpaired) electrons. The van der Waals surface area contributed by atoms with Crippen LogP contribution in [0.15, 0.2) is 42.5 Å². The molecule has 0 atom stereocenters. The van der Waals surface area contributed by atoms with Crippen LogP contribution in [0.5, 0.6) is 0 Å². The number of fused-ring (bicyclic) bond motifs is 1. The summed E-state index contributed by atoms with van der Waals surface area (Å²) in [6.07, 6.45) is 0. The SMILES string of the molecule is Cc1ccc(C)c(N(CC(=O)NCCNC(C)C)CC(=O)N(C)N2Cc3ccccc3C2)c1. The van der Waals surface area contributed by atoms with Crippen LogP contribution in [0.3, 0.4) is 0 Å². The second-order valence-electron chi connectivity index (χ2n) is 9.11. The fourth-order valence-electron chi connectivity index (χ4n) is 4.03. The number of carbonyl (C=O) groups excluding carboxylic acids is 2. The van der Waals surface area contributed by atoms with Gasteiger partial charge in [0.15, 0.2) is 0 Å². The van der Waals surface area contributed by atoms with Crippen molar-refractivity contribution in [2.45, 2.75) is 46.8 Å². The maximum Gasteiger partial charge on any atom is 0.256 e. The van der Waals surface area contributed by atoms with Crippen molar-refractivity contribution < 1.29 is 9.59 Å².